The number of rotatable bonds is 7. The van der Waals surface area contributed by atoms with Crippen LogP contribution in [0.15, 0.2) is 60.7 Å². The molecule has 0 saturated carbocycles. The highest BCUT2D eigenvalue weighted by Gasteiger charge is 2.43. The molecule has 0 radical (unpaired) electrons. The summed E-state index contributed by atoms with van der Waals surface area (Å²) in [5, 5.41) is 3.18. The third-order valence-corrected chi connectivity index (χ3v) is 8.11. The predicted octanol–water partition coefficient (Wildman–Crippen LogP) is 3.58. The zero-order valence-corrected chi connectivity index (χ0v) is 18.0. The molecule has 1 atom stereocenters. The van der Waals surface area contributed by atoms with E-state index in [1.807, 2.05) is 50.2 Å². The first-order valence-corrected chi connectivity index (χ1v) is 11.9. The number of benzene rings is 2. The molecule has 1 aliphatic heterocycles. The molecular weight excluding hydrogens is 384 g/mol. The lowest BCUT2D eigenvalue weighted by Crippen LogP contribution is -2.55. The Morgan fingerprint density at radius 3 is 2.14 bits per heavy atom. The van der Waals surface area contributed by atoms with Gasteiger partial charge in [0.25, 0.3) is 5.91 Å². The molecule has 1 fully saturated rings. The molecule has 1 amide bonds. The van der Waals surface area contributed by atoms with E-state index in [0.29, 0.717) is 37.9 Å². The molecule has 2 aromatic carbocycles. The number of piperidine rings is 1. The molecule has 156 valence electrons. The Kier molecular flexibility index (Phi) is 6.75. The molecule has 0 unspecified atom stereocenters. The van der Waals surface area contributed by atoms with Gasteiger partial charge < -0.3 is 5.32 Å². The Hall–Kier alpha value is -2.18. The molecule has 1 N–H and O–H groups in total. The van der Waals surface area contributed by atoms with E-state index in [1.54, 1.807) is 16.4 Å². The van der Waals surface area contributed by atoms with Crippen LogP contribution in [-0.2, 0) is 15.4 Å². The van der Waals surface area contributed by atoms with Gasteiger partial charge in [0, 0.05) is 30.1 Å². The van der Waals surface area contributed by atoms with Crippen LogP contribution in [0.1, 0.15) is 49.0 Å². The summed E-state index contributed by atoms with van der Waals surface area (Å²) in [5.41, 5.74) is 1.48. The van der Waals surface area contributed by atoms with Crippen LogP contribution in [0.3, 0.4) is 0 Å². The van der Waals surface area contributed by atoms with Crippen LogP contribution in [0.25, 0.3) is 0 Å². The van der Waals surface area contributed by atoms with Gasteiger partial charge in [-0.1, -0.05) is 55.5 Å². The minimum atomic E-state index is -3.21. The van der Waals surface area contributed by atoms with Crippen molar-refractivity contribution < 1.29 is 13.2 Å². The smallest absolute Gasteiger partial charge is 0.251 e. The summed E-state index contributed by atoms with van der Waals surface area (Å²) in [4.78, 5) is 12.8. The highest BCUT2D eigenvalue weighted by atomic mass is 32.2. The number of hydrogen-bond acceptors (Lipinski definition) is 3. The normalized spacial score (nSPS) is 18.1. The first kappa shape index (κ1) is 21.5. The molecule has 29 heavy (non-hydrogen) atoms. The van der Waals surface area contributed by atoms with Crippen molar-refractivity contribution in [2.45, 2.75) is 44.6 Å². The van der Waals surface area contributed by atoms with E-state index in [9.17, 15) is 13.2 Å². The van der Waals surface area contributed by atoms with E-state index in [1.165, 1.54) is 0 Å². The minimum Gasteiger partial charge on any atom is -0.349 e. The lowest BCUT2D eigenvalue weighted by molar-refractivity contribution is 0.0895. The van der Waals surface area contributed by atoms with Gasteiger partial charge in [-0.05, 0) is 43.9 Å². The van der Waals surface area contributed by atoms with Gasteiger partial charge in [-0.2, -0.15) is 0 Å². The number of nitrogens with one attached hydrogen (secondary N) is 1. The van der Waals surface area contributed by atoms with Crippen LogP contribution < -0.4 is 5.32 Å². The maximum Gasteiger partial charge on any atom is 0.251 e. The van der Waals surface area contributed by atoms with Crippen LogP contribution in [-0.4, -0.2) is 43.5 Å². The van der Waals surface area contributed by atoms with E-state index >= 15 is 0 Å². The molecule has 0 aromatic heterocycles. The number of hydrogen-bond donors (Lipinski definition) is 1. The van der Waals surface area contributed by atoms with Gasteiger partial charge in [-0.15, -0.1) is 0 Å². The number of nitrogens with zero attached hydrogens (tertiary/aromatic N) is 1. The summed E-state index contributed by atoms with van der Waals surface area (Å²) in [5.74, 6) is 0.0838. The molecule has 0 spiro atoms. The summed E-state index contributed by atoms with van der Waals surface area (Å²) >= 11 is 0. The summed E-state index contributed by atoms with van der Waals surface area (Å²) in [6.07, 6.45) is 1.97. The molecule has 0 bridgehead atoms. The zero-order valence-electron chi connectivity index (χ0n) is 17.2. The molecule has 2 aromatic rings. The van der Waals surface area contributed by atoms with E-state index in [2.05, 4.69) is 17.4 Å². The second kappa shape index (κ2) is 9.09. The van der Waals surface area contributed by atoms with Gasteiger partial charge in [-0.3, -0.25) is 4.79 Å². The van der Waals surface area contributed by atoms with Crippen LogP contribution in [0.2, 0.25) is 0 Å². The Morgan fingerprint density at radius 2 is 1.59 bits per heavy atom. The Balaban J connectivity index is 1.84. The summed E-state index contributed by atoms with van der Waals surface area (Å²) in [6, 6.07) is 19.2. The molecule has 1 saturated heterocycles. The van der Waals surface area contributed by atoms with Crippen molar-refractivity contribution in [3.8, 4) is 0 Å². The average molecular weight is 415 g/mol. The molecule has 5 nitrogen and oxygen atoms in total. The average Bonchev–Trinajstić information content (AvgIpc) is 2.75. The van der Waals surface area contributed by atoms with E-state index in [-0.39, 0.29) is 23.1 Å². The topological polar surface area (TPSA) is 66.5 Å². The standard InChI is InChI=1S/C23H30N2O3S/c1-3-18-29(27,28)25-16-14-23(15-17-25,21-12-8-5-9-13-21)19(2)24-22(26)20-10-6-4-7-11-20/h4-13,19H,3,14-18H2,1-2H3,(H,24,26)/t19-/m0/s1. The summed E-state index contributed by atoms with van der Waals surface area (Å²) in [6.45, 7) is 4.87. The number of amides is 1. The lowest BCUT2D eigenvalue weighted by atomic mass is 9.68. The quantitative estimate of drug-likeness (QED) is 0.753. The van der Waals surface area contributed by atoms with Crippen molar-refractivity contribution in [2.75, 3.05) is 18.8 Å². The fourth-order valence-electron chi connectivity index (χ4n) is 4.30. The second-order valence-electron chi connectivity index (χ2n) is 7.80. The van der Waals surface area contributed by atoms with Crippen LogP contribution >= 0.6 is 0 Å². The first-order chi connectivity index (χ1) is 13.9. The first-order valence-electron chi connectivity index (χ1n) is 10.3. The van der Waals surface area contributed by atoms with Gasteiger partial charge in [0.1, 0.15) is 0 Å². The molecule has 3 rings (SSSR count). The van der Waals surface area contributed by atoms with Crippen molar-refractivity contribution in [3.05, 3.63) is 71.8 Å². The number of carbonyl (C=O) groups is 1. The van der Waals surface area contributed by atoms with Crippen LogP contribution in [0.5, 0.6) is 0 Å². The largest absolute Gasteiger partial charge is 0.349 e. The fraction of sp³-hybridized carbons (Fsp3) is 0.435. The van der Waals surface area contributed by atoms with Crippen LogP contribution in [0.4, 0.5) is 0 Å². The SMILES string of the molecule is CCCS(=O)(=O)N1CCC(c2ccccc2)([C@H](C)NC(=O)c2ccccc2)CC1. The molecule has 1 aliphatic rings. The second-order valence-corrected chi connectivity index (χ2v) is 9.89. The number of carbonyl (C=O) groups excluding carboxylic acids is 1. The Bertz CT molecular complexity index is 906. The van der Waals surface area contributed by atoms with Gasteiger partial charge in [0.2, 0.25) is 10.0 Å². The number of sulfonamides is 1. The maximum atomic E-state index is 12.8. The highest BCUT2D eigenvalue weighted by molar-refractivity contribution is 7.89. The van der Waals surface area contributed by atoms with E-state index < -0.39 is 10.0 Å². The highest BCUT2D eigenvalue weighted by Crippen LogP contribution is 2.39. The van der Waals surface area contributed by atoms with Gasteiger partial charge in [0.15, 0.2) is 0 Å². The third kappa shape index (κ3) is 4.70. The van der Waals surface area contributed by atoms with Crippen molar-refractivity contribution in [2.24, 2.45) is 0 Å². The van der Waals surface area contributed by atoms with Crippen molar-refractivity contribution in [1.29, 1.82) is 0 Å². The van der Waals surface area contributed by atoms with Gasteiger partial charge in [0.05, 0.1) is 5.75 Å². The fourth-order valence-corrected chi connectivity index (χ4v) is 5.81. The van der Waals surface area contributed by atoms with Crippen LogP contribution in [0, 0.1) is 0 Å². The monoisotopic (exact) mass is 414 g/mol. The predicted molar refractivity (Wildman–Crippen MR) is 116 cm³/mol. The minimum absolute atomic E-state index is 0.102. The Morgan fingerprint density at radius 1 is 1.03 bits per heavy atom. The van der Waals surface area contributed by atoms with Crippen molar-refractivity contribution in [3.63, 3.8) is 0 Å². The molecule has 1 heterocycles. The van der Waals surface area contributed by atoms with E-state index in [0.717, 1.165) is 5.56 Å². The van der Waals surface area contributed by atoms with Gasteiger partial charge in [-0.25, -0.2) is 12.7 Å². The van der Waals surface area contributed by atoms with Crippen molar-refractivity contribution in [1.82, 2.24) is 9.62 Å². The lowest BCUT2D eigenvalue weighted by Gasteiger charge is -2.45. The maximum absolute atomic E-state index is 12.8. The molecular formula is C23H30N2O3S. The molecule has 6 heteroatoms. The zero-order chi connectivity index (χ0) is 20.9. The Labute approximate surface area is 174 Å². The molecule has 0 aliphatic carbocycles. The van der Waals surface area contributed by atoms with E-state index in [4.69, 9.17) is 0 Å². The van der Waals surface area contributed by atoms with Gasteiger partial charge >= 0.3 is 0 Å². The summed E-state index contributed by atoms with van der Waals surface area (Å²) < 4.78 is 26.7. The third-order valence-electron chi connectivity index (χ3n) is 6.03. The van der Waals surface area contributed by atoms with Crippen molar-refractivity contribution >= 4 is 15.9 Å². The summed E-state index contributed by atoms with van der Waals surface area (Å²) in [7, 11) is -3.21.